The fourth-order valence-electron chi connectivity index (χ4n) is 1.83. The number of nitro benzene ring substituents is 1. The molecule has 2 N–H and O–H groups in total. The quantitative estimate of drug-likeness (QED) is 0.513. The maximum atomic E-state index is 11.1. The van der Waals surface area contributed by atoms with Crippen molar-refractivity contribution in [3.63, 3.8) is 0 Å². The molecule has 0 saturated heterocycles. The van der Waals surface area contributed by atoms with Crippen LogP contribution in [0, 0.1) is 10.1 Å². The molecule has 0 saturated carbocycles. The van der Waals surface area contributed by atoms with Gasteiger partial charge in [-0.2, -0.15) is 5.10 Å². The highest BCUT2D eigenvalue weighted by Gasteiger charge is 2.17. The number of nitrogen functional groups attached to an aromatic ring is 1. The number of nitrogens with two attached hydrogens (primary N) is 1. The summed E-state index contributed by atoms with van der Waals surface area (Å²) in [5, 5.41) is 15.0. The van der Waals surface area contributed by atoms with Crippen LogP contribution in [0.25, 0.3) is 11.3 Å². The SMILES string of the molecule is CCn1nc(-c2cccc([N+](=O)[O-])c2)c(C=O)c1N. The van der Waals surface area contributed by atoms with Gasteiger partial charge in [-0.15, -0.1) is 0 Å². The second-order valence-electron chi connectivity index (χ2n) is 3.89. The molecule has 7 heteroatoms. The van der Waals surface area contributed by atoms with E-state index in [1.54, 1.807) is 12.1 Å². The van der Waals surface area contributed by atoms with Crippen molar-refractivity contribution in [3.05, 3.63) is 39.9 Å². The summed E-state index contributed by atoms with van der Waals surface area (Å²) >= 11 is 0. The number of carbonyl (C=O) groups excluding carboxylic acids is 1. The Bertz CT molecular complexity index is 648. The van der Waals surface area contributed by atoms with Gasteiger partial charge < -0.3 is 5.73 Å². The Morgan fingerprint density at radius 3 is 2.84 bits per heavy atom. The first-order valence-electron chi connectivity index (χ1n) is 5.64. The first-order chi connectivity index (χ1) is 9.08. The van der Waals surface area contributed by atoms with Crippen molar-refractivity contribution in [3.8, 4) is 11.3 Å². The number of nitro groups is 1. The topological polar surface area (TPSA) is 104 Å². The molecule has 2 aromatic rings. The molecular formula is C12H12N4O3. The van der Waals surface area contributed by atoms with E-state index in [0.717, 1.165) is 0 Å². The molecule has 0 spiro atoms. The van der Waals surface area contributed by atoms with Crippen LogP contribution < -0.4 is 5.73 Å². The summed E-state index contributed by atoms with van der Waals surface area (Å²) in [6, 6.07) is 5.95. The minimum atomic E-state index is -0.496. The van der Waals surface area contributed by atoms with Crippen LogP contribution in [0.1, 0.15) is 17.3 Å². The number of hydrogen-bond acceptors (Lipinski definition) is 5. The number of benzene rings is 1. The van der Waals surface area contributed by atoms with E-state index in [1.165, 1.54) is 16.8 Å². The third kappa shape index (κ3) is 2.17. The number of hydrogen-bond donors (Lipinski definition) is 1. The van der Waals surface area contributed by atoms with Crippen molar-refractivity contribution in [2.45, 2.75) is 13.5 Å². The maximum Gasteiger partial charge on any atom is 0.270 e. The van der Waals surface area contributed by atoms with Crippen LogP contribution >= 0.6 is 0 Å². The minimum absolute atomic E-state index is 0.0565. The molecule has 7 nitrogen and oxygen atoms in total. The molecule has 1 heterocycles. The standard InChI is InChI=1S/C12H12N4O3/c1-2-15-12(13)10(7-17)11(14-15)8-4-3-5-9(6-8)16(18)19/h3-7H,2,13H2,1H3. The molecule has 0 bridgehead atoms. The number of nitrogens with zero attached hydrogens (tertiary/aromatic N) is 3. The smallest absolute Gasteiger partial charge is 0.270 e. The molecule has 2 rings (SSSR count). The molecule has 0 amide bonds. The molecule has 0 radical (unpaired) electrons. The van der Waals surface area contributed by atoms with Gasteiger partial charge in [-0.3, -0.25) is 14.9 Å². The second kappa shape index (κ2) is 4.89. The molecule has 1 aromatic heterocycles. The monoisotopic (exact) mass is 260 g/mol. The number of aryl methyl sites for hydroxylation is 1. The van der Waals surface area contributed by atoms with Crippen molar-refractivity contribution in [1.82, 2.24) is 9.78 Å². The van der Waals surface area contributed by atoms with Gasteiger partial charge >= 0.3 is 0 Å². The van der Waals surface area contributed by atoms with Gasteiger partial charge in [-0.25, -0.2) is 4.68 Å². The molecule has 0 aliphatic heterocycles. The predicted molar refractivity (Wildman–Crippen MR) is 69.8 cm³/mol. The van der Waals surface area contributed by atoms with Gasteiger partial charge in [0, 0.05) is 24.2 Å². The number of non-ortho nitro benzene ring substituents is 1. The highest BCUT2D eigenvalue weighted by atomic mass is 16.6. The predicted octanol–water partition coefficient (Wildman–Crippen LogP) is 1.87. The Labute approximate surface area is 108 Å². The van der Waals surface area contributed by atoms with E-state index in [4.69, 9.17) is 5.73 Å². The summed E-state index contributed by atoms with van der Waals surface area (Å²) in [4.78, 5) is 21.4. The summed E-state index contributed by atoms with van der Waals surface area (Å²) < 4.78 is 1.48. The Balaban J connectivity index is 2.61. The molecule has 0 atom stereocenters. The summed E-state index contributed by atoms with van der Waals surface area (Å²) in [7, 11) is 0. The highest BCUT2D eigenvalue weighted by Crippen LogP contribution is 2.28. The zero-order valence-corrected chi connectivity index (χ0v) is 10.2. The number of rotatable bonds is 4. The number of anilines is 1. The van der Waals surface area contributed by atoms with Crippen LogP contribution in [0.5, 0.6) is 0 Å². The third-order valence-electron chi connectivity index (χ3n) is 2.78. The first kappa shape index (κ1) is 12.7. The largest absolute Gasteiger partial charge is 0.383 e. The van der Waals surface area contributed by atoms with Gasteiger partial charge in [0.25, 0.3) is 5.69 Å². The second-order valence-corrected chi connectivity index (χ2v) is 3.89. The Morgan fingerprint density at radius 1 is 1.53 bits per heavy atom. The molecule has 19 heavy (non-hydrogen) atoms. The zero-order valence-electron chi connectivity index (χ0n) is 10.2. The van der Waals surface area contributed by atoms with Gasteiger partial charge in [0.1, 0.15) is 11.5 Å². The molecule has 0 aliphatic carbocycles. The van der Waals surface area contributed by atoms with Crippen LogP contribution in [0.3, 0.4) is 0 Å². The van der Waals surface area contributed by atoms with E-state index in [2.05, 4.69) is 5.10 Å². The fourth-order valence-corrected chi connectivity index (χ4v) is 1.83. The van der Waals surface area contributed by atoms with E-state index in [1.807, 2.05) is 6.92 Å². The van der Waals surface area contributed by atoms with Gasteiger partial charge in [0.2, 0.25) is 0 Å². The Kier molecular flexibility index (Phi) is 3.28. The molecular weight excluding hydrogens is 248 g/mol. The lowest BCUT2D eigenvalue weighted by atomic mass is 10.1. The lowest BCUT2D eigenvalue weighted by molar-refractivity contribution is -0.384. The molecule has 98 valence electrons. The van der Waals surface area contributed by atoms with E-state index < -0.39 is 4.92 Å². The summed E-state index contributed by atoms with van der Waals surface area (Å²) in [5.41, 5.74) is 6.85. The van der Waals surface area contributed by atoms with Crippen molar-refractivity contribution >= 4 is 17.8 Å². The van der Waals surface area contributed by atoms with Crippen LogP contribution in [0.2, 0.25) is 0 Å². The van der Waals surface area contributed by atoms with E-state index in [0.29, 0.717) is 24.1 Å². The van der Waals surface area contributed by atoms with Crippen molar-refractivity contribution in [2.24, 2.45) is 0 Å². The average molecular weight is 260 g/mol. The van der Waals surface area contributed by atoms with Crippen molar-refractivity contribution in [2.75, 3.05) is 5.73 Å². The van der Waals surface area contributed by atoms with Gasteiger partial charge in [-0.05, 0) is 6.92 Å². The lowest BCUT2D eigenvalue weighted by Crippen LogP contribution is -2.02. The molecule has 0 fully saturated rings. The normalized spacial score (nSPS) is 10.4. The van der Waals surface area contributed by atoms with Crippen LogP contribution in [0.15, 0.2) is 24.3 Å². The summed E-state index contributed by atoms with van der Waals surface area (Å²) in [5.74, 6) is 0.263. The summed E-state index contributed by atoms with van der Waals surface area (Å²) in [6.45, 7) is 2.36. The first-order valence-corrected chi connectivity index (χ1v) is 5.64. The number of carbonyl (C=O) groups is 1. The van der Waals surface area contributed by atoms with Crippen LogP contribution in [-0.4, -0.2) is 21.0 Å². The summed E-state index contributed by atoms with van der Waals surface area (Å²) in [6.07, 6.45) is 0.614. The molecule has 0 aliphatic rings. The van der Waals surface area contributed by atoms with Crippen molar-refractivity contribution in [1.29, 1.82) is 0 Å². The fraction of sp³-hybridized carbons (Fsp3) is 0.167. The third-order valence-corrected chi connectivity index (χ3v) is 2.78. The van der Waals surface area contributed by atoms with Gasteiger partial charge in [-0.1, -0.05) is 12.1 Å². The van der Waals surface area contributed by atoms with Crippen LogP contribution in [-0.2, 0) is 6.54 Å². The van der Waals surface area contributed by atoms with E-state index in [9.17, 15) is 14.9 Å². The minimum Gasteiger partial charge on any atom is -0.383 e. The van der Waals surface area contributed by atoms with E-state index in [-0.39, 0.29) is 17.1 Å². The number of aldehydes is 1. The lowest BCUT2D eigenvalue weighted by Gasteiger charge is -1.98. The maximum absolute atomic E-state index is 11.1. The van der Waals surface area contributed by atoms with Crippen LogP contribution in [0.4, 0.5) is 11.5 Å². The van der Waals surface area contributed by atoms with Gasteiger partial charge in [0.15, 0.2) is 6.29 Å². The highest BCUT2D eigenvalue weighted by molar-refractivity contribution is 5.91. The van der Waals surface area contributed by atoms with Gasteiger partial charge in [0.05, 0.1) is 10.5 Å². The van der Waals surface area contributed by atoms with Crippen molar-refractivity contribution < 1.29 is 9.72 Å². The molecule has 1 aromatic carbocycles. The Morgan fingerprint density at radius 2 is 2.26 bits per heavy atom. The molecule has 0 unspecified atom stereocenters. The average Bonchev–Trinajstić information content (AvgIpc) is 2.75. The Hall–Kier alpha value is -2.70. The van der Waals surface area contributed by atoms with E-state index >= 15 is 0 Å². The zero-order chi connectivity index (χ0) is 14.0. The number of aromatic nitrogens is 2.